The van der Waals surface area contributed by atoms with Gasteiger partial charge >= 0.3 is 0 Å². The number of nitrogens with one attached hydrogen (secondary N) is 2. The Labute approximate surface area is 118 Å². The minimum absolute atomic E-state index is 0.624. The topological polar surface area (TPSA) is 68.3 Å². The SMILES string of the molecule is COCCNc1cc(Nc2ccccc2OC)ncn1. The normalized spacial score (nSPS) is 10.1. The van der Waals surface area contributed by atoms with Gasteiger partial charge < -0.3 is 20.1 Å². The fraction of sp³-hybridized carbons (Fsp3) is 0.286. The molecule has 0 amide bonds. The molecule has 0 fully saturated rings. The van der Waals surface area contributed by atoms with Crippen molar-refractivity contribution in [2.45, 2.75) is 0 Å². The quantitative estimate of drug-likeness (QED) is 0.755. The largest absolute Gasteiger partial charge is 0.495 e. The van der Waals surface area contributed by atoms with Crippen LogP contribution in [-0.4, -0.2) is 37.3 Å². The van der Waals surface area contributed by atoms with Gasteiger partial charge in [-0.1, -0.05) is 12.1 Å². The van der Waals surface area contributed by atoms with E-state index in [0.717, 1.165) is 17.3 Å². The van der Waals surface area contributed by atoms with Crippen molar-refractivity contribution in [3.63, 3.8) is 0 Å². The molecule has 0 saturated carbocycles. The van der Waals surface area contributed by atoms with Crippen LogP contribution in [0, 0.1) is 0 Å². The molecular weight excluding hydrogens is 256 g/mol. The third-order valence-corrected chi connectivity index (χ3v) is 2.65. The molecule has 1 heterocycles. The minimum atomic E-state index is 0.624. The molecule has 0 aliphatic heterocycles. The number of ether oxygens (including phenoxy) is 2. The number of anilines is 3. The van der Waals surface area contributed by atoms with Gasteiger partial charge in [0, 0.05) is 19.7 Å². The van der Waals surface area contributed by atoms with E-state index >= 15 is 0 Å². The highest BCUT2D eigenvalue weighted by atomic mass is 16.5. The summed E-state index contributed by atoms with van der Waals surface area (Å²) in [5.41, 5.74) is 0.858. The molecule has 0 bridgehead atoms. The van der Waals surface area contributed by atoms with Gasteiger partial charge in [-0.3, -0.25) is 0 Å². The number of rotatable bonds is 7. The van der Waals surface area contributed by atoms with E-state index in [0.29, 0.717) is 19.0 Å². The Morgan fingerprint density at radius 3 is 2.70 bits per heavy atom. The Morgan fingerprint density at radius 1 is 1.10 bits per heavy atom. The molecule has 106 valence electrons. The number of para-hydroxylation sites is 2. The van der Waals surface area contributed by atoms with Crippen LogP contribution in [0.5, 0.6) is 5.75 Å². The molecule has 6 heteroatoms. The average Bonchev–Trinajstić information content (AvgIpc) is 2.48. The van der Waals surface area contributed by atoms with Gasteiger partial charge in [0.1, 0.15) is 23.7 Å². The zero-order valence-electron chi connectivity index (χ0n) is 11.6. The summed E-state index contributed by atoms with van der Waals surface area (Å²) in [4.78, 5) is 8.34. The van der Waals surface area contributed by atoms with Gasteiger partial charge in [0.25, 0.3) is 0 Å². The fourth-order valence-corrected chi connectivity index (χ4v) is 1.69. The second-order valence-electron chi connectivity index (χ2n) is 4.03. The Morgan fingerprint density at radius 2 is 1.90 bits per heavy atom. The molecule has 0 saturated heterocycles. The van der Waals surface area contributed by atoms with Gasteiger partial charge in [-0.05, 0) is 12.1 Å². The van der Waals surface area contributed by atoms with Crippen LogP contribution in [0.4, 0.5) is 17.3 Å². The molecule has 2 aromatic rings. The minimum Gasteiger partial charge on any atom is -0.495 e. The van der Waals surface area contributed by atoms with Crippen molar-refractivity contribution in [3.05, 3.63) is 36.7 Å². The van der Waals surface area contributed by atoms with Crippen LogP contribution in [0.2, 0.25) is 0 Å². The molecule has 2 N–H and O–H groups in total. The first-order valence-electron chi connectivity index (χ1n) is 6.28. The molecule has 1 aromatic carbocycles. The number of benzene rings is 1. The summed E-state index contributed by atoms with van der Waals surface area (Å²) in [6.45, 7) is 1.32. The summed E-state index contributed by atoms with van der Waals surface area (Å²) < 4.78 is 10.3. The van der Waals surface area contributed by atoms with Crippen LogP contribution in [0.1, 0.15) is 0 Å². The molecule has 0 aliphatic rings. The van der Waals surface area contributed by atoms with Crippen molar-refractivity contribution in [3.8, 4) is 5.75 Å². The van der Waals surface area contributed by atoms with Crippen molar-refractivity contribution in [2.24, 2.45) is 0 Å². The predicted molar refractivity (Wildman–Crippen MR) is 78.7 cm³/mol. The summed E-state index contributed by atoms with van der Waals surface area (Å²) in [6.07, 6.45) is 1.51. The van der Waals surface area contributed by atoms with E-state index in [2.05, 4.69) is 20.6 Å². The van der Waals surface area contributed by atoms with Gasteiger partial charge in [0.2, 0.25) is 0 Å². The van der Waals surface area contributed by atoms with Gasteiger partial charge in [0.05, 0.1) is 19.4 Å². The Bertz CT molecular complexity index is 548. The number of hydrogen-bond donors (Lipinski definition) is 2. The summed E-state index contributed by atoms with van der Waals surface area (Å²) in [7, 11) is 3.30. The number of methoxy groups -OCH3 is 2. The van der Waals surface area contributed by atoms with Crippen molar-refractivity contribution >= 4 is 17.3 Å². The van der Waals surface area contributed by atoms with Crippen molar-refractivity contribution < 1.29 is 9.47 Å². The van der Waals surface area contributed by atoms with Gasteiger partial charge in [-0.25, -0.2) is 9.97 Å². The Balaban J connectivity index is 2.07. The van der Waals surface area contributed by atoms with E-state index in [1.54, 1.807) is 14.2 Å². The zero-order chi connectivity index (χ0) is 14.2. The van der Waals surface area contributed by atoms with Crippen LogP contribution in [0.15, 0.2) is 36.7 Å². The molecule has 0 atom stereocenters. The third-order valence-electron chi connectivity index (χ3n) is 2.65. The van der Waals surface area contributed by atoms with Crippen LogP contribution in [0.25, 0.3) is 0 Å². The smallest absolute Gasteiger partial charge is 0.142 e. The molecule has 20 heavy (non-hydrogen) atoms. The zero-order valence-corrected chi connectivity index (χ0v) is 11.6. The predicted octanol–water partition coefficient (Wildman–Crippen LogP) is 2.29. The average molecular weight is 274 g/mol. The lowest BCUT2D eigenvalue weighted by molar-refractivity contribution is 0.210. The van der Waals surface area contributed by atoms with Crippen molar-refractivity contribution in [1.29, 1.82) is 0 Å². The van der Waals surface area contributed by atoms with Crippen LogP contribution in [-0.2, 0) is 4.74 Å². The first-order chi connectivity index (χ1) is 9.83. The lowest BCUT2D eigenvalue weighted by Gasteiger charge is -2.11. The van der Waals surface area contributed by atoms with Crippen molar-refractivity contribution in [1.82, 2.24) is 9.97 Å². The maximum Gasteiger partial charge on any atom is 0.142 e. The van der Waals surface area contributed by atoms with E-state index in [1.807, 2.05) is 30.3 Å². The molecule has 0 radical (unpaired) electrons. The highest BCUT2D eigenvalue weighted by molar-refractivity contribution is 5.65. The summed E-state index contributed by atoms with van der Waals surface area (Å²) in [6, 6.07) is 9.51. The van der Waals surface area contributed by atoms with E-state index in [-0.39, 0.29) is 0 Å². The second-order valence-corrected chi connectivity index (χ2v) is 4.03. The van der Waals surface area contributed by atoms with Gasteiger partial charge in [-0.15, -0.1) is 0 Å². The first-order valence-corrected chi connectivity index (χ1v) is 6.28. The second kappa shape index (κ2) is 7.30. The Kier molecular flexibility index (Phi) is 5.14. The number of aromatic nitrogens is 2. The molecule has 0 unspecified atom stereocenters. The first kappa shape index (κ1) is 14.1. The van der Waals surface area contributed by atoms with Crippen LogP contribution in [0.3, 0.4) is 0 Å². The van der Waals surface area contributed by atoms with E-state index in [1.165, 1.54) is 6.33 Å². The molecule has 6 nitrogen and oxygen atoms in total. The standard InChI is InChI=1S/C14H18N4O2/c1-19-8-7-15-13-9-14(17-10-16-13)18-11-5-3-4-6-12(11)20-2/h3-6,9-10H,7-8H2,1-2H3,(H2,15,16,17,18). The number of hydrogen-bond acceptors (Lipinski definition) is 6. The maximum atomic E-state index is 5.29. The highest BCUT2D eigenvalue weighted by Gasteiger charge is 2.03. The maximum absolute atomic E-state index is 5.29. The Hall–Kier alpha value is -2.34. The summed E-state index contributed by atoms with van der Waals surface area (Å²) in [5.74, 6) is 2.21. The van der Waals surface area contributed by atoms with E-state index in [9.17, 15) is 0 Å². The van der Waals surface area contributed by atoms with Gasteiger partial charge in [-0.2, -0.15) is 0 Å². The summed E-state index contributed by atoms with van der Waals surface area (Å²) >= 11 is 0. The van der Waals surface area contributed by atoms with Crippen LogP contribution < -0.4 is 15.4 Å². The van der Waals surface area contributed by atoms with E-state index in [4.69, 9.17) is 9.47 Å². The fourth-order valence-electron chi connectivity index (χ4n) is 1.69. The highest BCUT2D eigenvalue weighted by Crippen LogP contribution is 2.26. The monoisotopic (exact) mass is 274 g/mol. The third kappa shape index (κ3) is 3.83. The van der Waals surface area contributed by atoms with Crippen molar-refractivity contribution in [2.75, 3.05) is 38.0 Å². The van der Waals surface area contributed by atoms with Gasteiger partial charge in [0.15, 0.2) is 0 Å². The number of nitrogens with zero attached hydrogens (tertiary/aromatic N) is 2. The molecule has 0 aliphatic carbocycles. The lowest BCUT2D eigenvalue weighted by atomic mass is 10.3. The molecule has 2 rings (SSSR count). The molecule has 1 aromatic heterocycles. The lowest BCUT2D eigenvalue weighted by Crippen LogP contribution is -2.09. The molecular formula is C14H18N4O2. The van der Waals surface area contributed by atoms with Crippen LogP contribution >= 0.6 is 0 Å². The summed E-state index contributed by atoms with van der Waals surface area (Å²) in [5, 5.41) is 6.36. The molecule has 0 spiro atoms. The van der Waals surface area contributed by atoms with E-state index < -0.39 is 0 Å².